The van der Waals surface area contributed by atoms with Crippen molar-refractivity contribution >= 4 is 21.4 Å². The highest BCUT2D eigenvalue weighted by Crippen LogP contribution is 2.30. The molecule has 25 heavy (non-hydrogen) atoms. The van der Waals surface area contributed by atoms with Crippen LogP contribution in [0.3, 0.4) is 0 Å². The van der Waals surface area contributed by atoms with Crippen LogP contribution < -0.4 is 4.72 Å². The number of anilines is 1. The van der Waals surface area contributed by atoms with Crippen molar-refractivity contribution in [1.29, 1.82) is 0 Å². The fraction of sp³-hybridized carbons (Fsp3) is 0. The standard InChI is InChI=1S/C17H13N3O4S/c21-20(22)16-10-3-4-11-17(16)25(23,24)19-15-9-2-1-7-13(15)14-8-5-6-12-18-14/h1-12,19H. The monoisotopic (exact) mass is 355 g/mol. The summed E-state index contributed by atoms with van der Waals surface area (Å²) < 4.78 is 27.8. The van der Waals surface area contributed by atoms with E-state index in [1.807, 2.05) is 0 Å². The van der Waals surface area contributed by atoms with E-state index in [-0.39, 0.29) is 0 Å². The maximum atomic E-state index is 12.7. The molecular weight excluding hydrogens is 342 g/mol. The lowest BCUT2D eigenvalue weighted by Crippen LogP contribution is -2.15. The lowest BCUT2D eigenvalue weighted by atomic mass is 10.1. The summed E-state index contributed by atoms with van der Waals surface area (Å²) in [5.41, 5.74) is 0.971. The van der Waals surface area contributed by atoms with E-state index >= 15 is 0 Å². The summed E-state index contributed by atoms with van der Waals surface area (Å²) in [4.78, 5) is 14.2. The Hall–Kier alpha value is -3.26. The average Bonchev–Trinajstić information content (AvgIpc) is 2.62. The first-order chi connectivity index (χ1) is 12.0. The molecular formula is C17H13N3O4S. The molecule has 3 aromatic rings. The van der Waals surface area contributed by atoms with Crippen LogP contribution in [0.25, 0.3) is 11.3 Å². The van der Waals surface area contributed by atoms with Crippen LogP contribution in [0.15, 0.2) is 77.8 Å². The molecule has 0 aliphatic rings. The van der Waals surface area contributed by atoms with Gasteiger partial charge in [-0.25, -0.2) is 8.42 Å². The molecule has 126 valence electrons. The zero-order valence-corrected chi connectivity index (χ0v) is 13.7. The normalized spacial score (nSPS) is 11.0. The second-order valence-corrected chi connectivity index (χ2v) is 6.74. The summed E-state index contributed by atoms with van der Waals surface area (Å²) in [6.45, 7) is 0. The molecule has 1 aromatic heterocycles. The molecule has 8 heteroatoms. The minimum absolute atomic E-state index is 0.291. The zero-order chi connectivity index (χ0) is 17.9. The predicted molar refractivity (Wildman–Crippen MR) is 93.6 cm³/mol. The fourth-order valence-electron chi connectivity index (χ4n) is 2.35. The van der Waals surface area contributed by atoms with Crippen LogP contribution >= 0.6 is 0 Å². The minimum atomic E-state index is -4.14. The van der Waals surface area contributed by atoms with E-state index in [9.17, 15) is 18.5 Å². The average molecular weight is 355 g/mol. The van der Waals surface area contributed by atoms with Gasteiger partial charge in [0.15, 0.2) is 4.90 Å². The SMILES string of the molecule is O=[N+]([O-])c1ccccc1S(=O)(=O)Nc1ccccc1-c1ccccn1. The molecule has 0 aliphatic heterocycles. The van der Waals surface area contributed by atoms with E-state index in [0.29, 0.717) is 16.9 Å². The summed E-state index contributed by atoms with van der Waals surface area (Å²) in [6.07, 6.45) is 1.60. The third kappa shape index (κ3) is 3.48. The van der Waals surface area contributed by atoms with Crippen molar-refractivity contribution < 1.29 is 13.3 Å². The summed E-state index contributed by atoms with van der Waals surface area (Å²) >= 11 is 0. The van der Waals surface area contributed by atoms with E-state index in [0.717, 1.165) is 6.07 Å². The maximum absolute atomic E-state index is 12.7. The number of sulfonamides is 1. The molecule has 0 atom stereocenters. The Morgan fingerprint density at radius 1 is 0.920 bits per heavy atom. The van der Waals surface area contributed by atoms with Crippen LogP contribution in [0.4, 0.5) is 11.4 Å². The predicted octanol–water partition coefficient (Wildman–Crippen LogP) is 3.46. The first-order valence-corrected chi connectivity index (χ1v) is 8.74. The Kier molecular flexibility index (Phi) is 4.44. The van der Waals surface area contributed by atoms with Crippen LogP contribution in [0, 0.1) is 10.1 Å². The van der Waals surface area contributed by atoms with E-state index in [2.05, 4.69) is 9.71 Å². The molecule has 1 heterocycles. The van der Waals surface area contributed by atoms with Crippen molar-refractivity contribution in [2.45, 2.75) is 4.90 Å². The van der Waals surface area contributed by atoms with Gasteiger partial charge in [-0.05, 0) is 24.3 Å². The molecule has 0 amide bonds. The third-order valence-electron chi connectivity index (χ3n) is 3.46. The topological polar surface area (TPSA) is 102 Å². The number of hydrogen-bond donors (Lipinski definition) is 1. The van der Waals surface area contributed by atoms with Gasteiger partial charge in [0, 0.05) is 17.8 Å². The molecule has 0 fully saturated rings. The number of pyridine rings is 1. The molecule has 0 saturated heterocycles. The molecule has 0 radical (unpaired) electrons. The number of para-hydroxylation sites is 2. The van der Waals surface area contributed by atoms with Gasteiger partial charge in [0.2, 0.25) is 0 Å². The highest BCUT2D eigenvalue weighted by atomic mass is 32.2. The molecule has 0 bridgehead atoms. The number of aromatic nitrogens is 1. The number of nitro groups is 1. The van der Waals surface area contributed by atoms with Gasteiger partial charge in [-0.1, -0.05) is 36.4 Å². The first kappa shape index (κ1) is 16.6. The lowest BCUT2D eigenvalue weighted by molar-refractivity contribution is -0.387. The van der Waals surface area contributed by atoms with Gasteiger partial charge < -0.3 is 0 Å². The summed E-state index contributed by atoms with van der Waals surface area (Å²) in [7, 11) is -4.14. The summed E-state index contributed by atoms with van der Waals surface area (Å²) in [6, 6.07) is 17.2. The summed E-state index contributed by atoms with van der Waals surface area (Å²) in [5, 5.41) is 11.1. The smallest absolute Gasteiger partial charge is 0.279 e. The molecule has 3 rings (SSSR count). The number of hydrogen-bond acceptors (Lipinski definition) is 5. The van der Waals surface area contributed by atoms with Crippen molar-refractivity contribution in [3.05, 3.63) is 83.0 Å². The van der Waals surface area contributed by atoms with Gasteiger partial charge in [-0.15, -0.1) is 0 Å². The van der Waals surface area contributed by atoms with Crippen molar-refractivity contribution in [3.63, 3.8) is 0 Å². The molecule has 0 saturated carbocycles. The van der Waals surface area contributed by atoms with Crippen LogP contribution in [-0.4, -0.2) is 18.3 Å². The molecule has 2 aromatic carbocycles. The van der Waals surface area contributed by atoms with Crippen molar-refractivity contribution in [2.75, 3.05) is 4.72 Å². The second kappa shape index (κ2) is 6.70. The van der Waals surface area contributed by atoms with Gasteiger partial charge in [0.05, 0.1) is 16.3 Å². The van der Waals surface area contributed by atoms with E-state index in [1.54, 1.807) is 48.7 Å². The third-order valence-corrected chi connectivity index (χ3v) is 4.88. The van der Waals surface area contributed by atoms with Crippen LogP contribution in [0.1, 0.15) is 0 Å². The quantitative estimate of drug-likeness (QED) is 0.558. The highest BCUT2D eigenvalue weighted by molar-refractivity contribution is 7.92. The van der Waals surface area contributed by atoms with E-state index in [4.69, 9.17) is 0 Å². The zero-order valence-electron chi connectivity index (χ0n) is 12.9. The van der Waals surface area contributed by atoms with Gasteiger partial charge in [0.25, 0.3) is 15.7 Å². The molecule has 1 N–H and O–H groups in total. The Labute approximate surface area is 144 Å². The Morgan fingerprint density at radius 2 is 1.60 bits per heavy atom. The maximum Gasteiger partial charge on any atom is 0.289 e. The van der Waals surface area contributed by atoms with E-state index < -0.39 is 25.5 Å². The van der Waals surface area contributed by atoms with Crippen molar-refractivity contribution in [3.8, 4) is 11.3 Å². The Morgan fingerprint density at radius 3 is 2.32 bits per heavy atom. The van der Waals surface area contributed by atoms with E-state index in [1.165, 1.54) is 18.2 Å². The number of rotatable bonds is 5. The van der Waals surface area contributed by atoms with Gasteiger partial charge in [0.1, 0.15) is 0 Å². The highest BCUT2D eigenvalue weighted by Gasteiger charge is 2.26. The van der Waals surface area contributed by atoms with Crippen molar-refractivity contribution in [1.82, 2.24) is 4.98 Å². The van der Waals surface area contributed by atoms with Crippen molar-refractivity contribution in [2.24, 2.45) is 0 Å². The summed E-state index contributed by atoms with van der Waals surface area (Å²) in [5.74, 6) is 0. The number of nitrogens with zero attached hydrogens (tertiary/aromatic N) is 2. The Balaban J connectivity index is 2.05. The number of nitrogens with one attached hydrogen (secondary N) is 1. The first-order valence-electron chi connectivity index (χ1n) is 7.26. The fourth-order valence-corrected chi connectivity index (χ4v) is 3.61. The van der Waals surface area contributed by atoms with Gasteiger partial charge >= 0.3 is 0 Å². The largest absolute Gasteiger partial charge is 0.289 e. The van der Waals surface area contributed by atoms with Crippen LogP contribution in [0.5, 0.6) is 0 Å². The second-order valence-electron chi connectivity index (χ2n) is 5.09. The van der Waals surface area contributed by atoms with Crippen LogP contribution in [0.2, 0.25) is 0 Å². The number of benzene rings is 2. The molecule has 0 spiro atoms. The molecule has 7 nitrogen and oxygen atoms in total. The van der Waals surface area contributed by atoms with Gasteiger partial charge in [-0.3, -0.25) is 19.8 Å². The molecule has 0 aliphatic carbocycles. The van der Waals surface area contributed by atoms with Gasteiger partial charge in [-0.2, -0.15) is 0 Å². The molecule has 0 unspecified atom stereocenters. The van der Waals surface area contributed by atoms with Crippen LogP contribution in [-0.2, 0) is 10.0 Å². The lowest BCUT2D eigenvalue weighted by Gasteiger charge is -2.12. The Bertz CT molecular complexity index is 1020. The minimum Gasteiger partial charge on any atom is -0.279 e. The number of nitro benzene ring substituents is 1.